The van der Waals surface area contributed by atoms with Crippen molar-refractivity contribution in [1.82, 2.24) is 15.6 Å². The van der Waals surface area contributed by atoms with Crippen molar-refractivity contribution in [2.45, 2.75) is 46.3 Å². The lowest BCUT2D eigenvalue weighted by Gasteiger charge is -2.40. The van der Waals surface area contributed by atoms with Gasteiger partial charge in [0.25, 0.3) is 0 Å². The summed E-state index contributed by atoms with van der Waals surface area (Å²) in [6.07, 6.45) is 5.82. The molecule has 1 fully saturated rings. The van der Waals surface area contributed by atoms with Crippen molar-refractivity contribution in [3.63, 3.8) is 0 Å². The first-order valence-electron chi connectivity index (χ1n) is 7.99. The van der Waals surface area contributed by atoms with Gasteiger partial charge in [-0.2, -0.15) is 0 Å². The summed E-state index contributed by atoms with van der Waals surface area (Å²) in [6.45, 7) is 8.58. The lowest BCUT2D eigenvalue weighted by molar-refractivity contribution is -0.0837. The van der Waals surface area contributed by atoms with Crippen LogP contribution in [-0.4, -0.2) is 30.3 Å². The predicted molar refractivity (Wildman–Crippen MR) is 86.4 cm³/mol. The smallest absolute Gasteiger partial charge is 0.315 e. The molecule has 1 aliphatic heterocycles. The maximum Gasteiger partial charge on any atom is 0.315 e. The Morgan fingerprint density at radius 1 is 1.32 bits per heavy atom. The van der Waals surface area contributed by atoms with Gasteiger partial charge in [-0.3, -0.25) is 4.98 Å². The van der Waals surface area contributed by atoms with E-state index < -0.39 is 0 Å². The van der Waals surface area contributed by atoms with E-state index in [0.29, 0.717) is 19.0 Å². The molecule has 0 bridgehead atoms. The number of nitrogens with one attached hydrogen (secondary N) is 2. The molecule has 0 spiro atoms. The van der Waals surface area contributed by atoms with E-state index in [2.05, 4.69) is 36.4 Å². The van der Waals surface area contributed by atoms with Gasteiger partial charge in [-0.25, -0.2) is 4.79 Å². The van der Waals surface area contributed by atoms with E-state index in [0.717, 1.165) is 25.0 Å². The van der Waals surface area contributed by atoms with Gasteiger partial charge in [-0.05, 0) is 36.0 Å². The highest BCUT2D eigenvalue weighted by Crippen LogP contribution is 2.33. The van der Waals surface area contributed by atoms with E-state index in [1.807, 2.05) is 12.1 Å². The number of ether oxygens (including phenoxy) is 1. The van der Waals surface area contributed by atoms with E-state index in [4.69, 9.17) is 4.74 Å². The second kappa shape index (κ2) is 7.58. The number of urea groups is 1. The average Bonchev–Trinajstić information content (AvgIpc) is 2.51. The summed E-state index contributed by atoms with van der Waals surface area (Å²) in [5.41, 5.74) is 1.14. The van der Waals surface area contributed by atoms with Crippen LogP contribution in [0, 0.1) is 11.3 Å². The molecular weight excluding hydrogens is 278 g/mol. The quantitative estimate of drug-likeness (QED) is 0.899. The van der Waals surface area contributed by atoms with E-state index in [1.165, 1.54) is 0 Å². The number of nitrogens with zero attached hydrogens (tertiary/aromatic N) is 1. The molecule has 2 N–H and O–H groups in total. The summed E-state index contributed by atoms with van der Waals surface area (Å²) in [7, 11) is 0. The van der Waals surface area contributed by atoms with E-state index >= 15 is 0 Å². The van der Waals surface area contributed by atoms with Crippen LogP contribution in [0.15, 0.2) is 24.5 Å². The van der Waals surface area contributed by atoms with Crippen LogP contribution in [0.1, 0.15) is 39.2 Å². The number of carbonyl (C=O) groups is 1. The zero-order valence-corrected chi connectivity index (χ0v) is 13.8. The lowest BCUT2D eigenvalue weighted by Crippen LogP contribution is -2.46. The molecule has 22 heavy (non-hydrogen) atoms. The summed E-state index contributed by atoms with van der Waals surface area (Å²) in [6, 6.07) is 3.66. The van der Waals surface area contributed by atoms with Gasteiger partial charge in [0.15, 0.2) is 0 Å². The fourth-order valence-corrected chi connectivity index (χ4v) is 2.98. The van der Waals surface area contributed by atoms with Gasteiger partial charge >= 0.3 is 6.03 Å². The summed E-state index contributed by atoms with van der Waals surface area (Å²) in [5, 5.41) is 5.85. The highest BCUT2D eigenvalue weighted by molar-refractivity contribution is 5.73. The van der Waals surface area contributed by atoms with Gasteiger partial charge in [-0.15, -0.1) is 0 Å². The lowest BCUT2D eigenvalue weighted by atomic mass is 9.78. The van der Waals surface area contributed by atoms with E-state index in [9.17, 15) is 4.79 Å². The van der Waals surface area contributed by atoms with Crippen molar-refractivity contribution < 1.29 is 9.53 Å². The second-order valence-electron chi connectivity index (χ2n) is 6.98. The number of hydrogen-bond donors (Lipinski definition) is 2. The van der Waals surface area contributed by atoms with E-state index in [1.54, 1.807) is 12.4 Å². The molecule has 5 heteroatoms. The van der Waals surface area contributed by atoms with Crippen LogP contribution >= 0.6 is 0 Å². The van der Waals surface area contributed by atoms with Crippen LogP contribution in [0.4, 0.5) is 4.79 Å². The van der Waals surface area contributed by atoms with Crippen molar-refractivity contribution in [2.75, 3.05) is 13.2 Å². The van der Waals surface area contributed by atoms with Gasteiger partial charge in [0, 0.05) is 38.0 Å². The van der Waals surface area contributed by atoms with Crippen LogP contribution in [0.25, 0.3) is 0 Å². The van der Waals surface area contributed by atoms with Crippen LogP contribution in [0.3, 0.4) is 0 Å². The van der Waals surface area contributed by atoms with Gasteiger partial charge < -0.3 is 15.4 Å². The Balaban J connectivity index is 1.77. The molecule has 0 unspecified atom stereocenters. The van der Waals surface area contributed by atoms with Crippen molar-refractivity contribution in [1.29, 1.82) is 0 Å². The Bertz CT molecular complexity index is 471. The number of amides is 2. The molecule has 2 atom stereocenters. The van der Waals surface area contributed by atoms with Gasteiger partial charge in [0.1, 0.15) is 0 Å². The largest absolute Gasteiger partial charge is 0.377 e. The zero-order valence-electron chi connectivity index (χ0n) is 13.8. The van der Waals surface area contributed by atoms with Crippen molar-refractivity contribution in [2.24, 2.45) is 11.3 Å². The monoisotopic (exact) mass is 305 g/mol. The molecule has 5 nitrogen and oxygen atoms in total. The summed E-state index contributed by atoms with van der Waals surface area (Å²) in [5.74, 6) is 0.375. The third-order valence-corrected chi connectivity index (χ3v) is 4.03. The normalized spacial score (nSPS) is 22.1. The molecule has 2 rings (SSSR count). The van der Waals surface area contributed by atoms with E-state index in [-0.39, 0.29) is 17.6 Å². The van der Waals surface area contributed by atoms with Gasteiger partial charge in [0.2, 0.25) is 0 Å². The van der Waals surface area contributed by atoms with Crippen LogP contribution in [0.5, 0.6) is 0 Å². The molecule has 1 aromatic heterocycles. The summed E-state index contributed by atoms with van der Waals surface area (Å²) in [4.78, 5) is 15.9. The molecule has 0 aliphatic carbocycles. The molecular formula is C17H27N3O2. The van der Waals surface area contributed by atoms with Crippen molar-refractivity contribution in [3.8, 4) is 0 Å². The molecule has 0 radical (unpaired) electrons. The van der Waals surface area contributed by atoms with Gasteiger partial charge in [-0.1, -0.05) is 20.8 Å². The minimum atomic E-state index is -0.130. The fraction of sp³-hybridized carbons (Fsp3) is 0.647. The second-order valence-corrected chi connectivity index (χ2v) is 6.98. The van der Waals surface area contributed by atoms with Gasteiger partial charge in [0.05, 0.1) is 6.10 Å². The molecule has 1 aliphatic rings. The zero-order chi connectivity index (χ0) is 16.0. The minimum absolute atomic E-state index is 0.0975. The highest BCUT2D eigenvalue weighted by Gasteiger charge is 2.35. The van der Waals surface area contributed by atoms with Crippen molar-refractivity contribution >= 4 is 6.03 Å². The standard InChI is InChI=1S/C17H27N3O2/c1-17(2,3)15-14(5-4-10-22-15)12-20-16(21)19-11-13-6-8-18-9-7-13/h6-9,14-15H,4-5,10-12H2,1-3H3,(H2,19,20,21)/t14-,15-/m0/s1. The Hall–Kier alpha value is -1.62. The molecule has 2 heterocycles. The highest BCUT2D eigenvalue weighted by atomic mass is 16.5. The topological polar surface area (TPSA) is 63.2 Å². The van der Waals surface area contributed by atoms with Crippen molar-refractivity contribution in [3.05, 3.63) is 30.1 Å². The Morgan fingerprint density at radius 3 is 2.73 bits per heavy atom. The van der Waals surface area contributed by atoms with Crippen LogP contribution < -0.4 is 10.6 Å². The number of aromatic nitrogens is 1. The minimum Gasteiger partial charge on any atom is -0.377 e. The molecule has 0 saturated carbocycles. The first-order valence-corrected chi connectivity index (χ1v) is 7.99. The fourth-order valence-electron chi connectivity index (χ4n) is 2.98. The molecule has 2 amide bonds. The maximum absolute atomic E-state index is 11.9. The maximum atomic E-state index is 11.9. The number of carbonyl (C=O) groups excluding carboxylic acids is 1. The third kappa shape index (κ3) is 4.98. The van der Waals surface area contributed by atoms with Crippen LogP contribution in [-0.2, 0) is 11.3 Å². The number of pyridine rings is 1. The van der Waals surface area contributed by atoms with Crippen LogP contribution in [0.2, 0.25) is 0 Å². The first kappa shape index (κ1) is 16.7. The third-order valence-electron chi connectivity index (χ3n) is 4.03. The first-order chi connectivity index (χ1) is 10.5. The molecule has 1 aromatic rings. The molecule has 122 valence electrons. The number of rotatable bonds is 4. The summed E-state index contributed by atoms with van der Waals surface area (Å²) >= 11 is 0. The Morgan fingerprint density at radius 2 is 2.05 bits per heavy atom. The molecule has 1 saturated heterocycles. The SMILES string of the molecule is CC(C)(C)[C@H]1OCCC[C@H]1CNC(=O)NCc1ccncc1. The average molecular weight is 305 g/mol. The molecule has 0 aromatic carbocycles. The predicted octanol–water partition coefficient (Wildman–Crippen LogP) is 2.72. The Kier molecular flexibility index (Phi) is 5.77. The summed E-state index contributed by atoms with van der Waals surface area (Å²) < 4.78 is 5.94. The Labute approximate surface area is 132 Å². The number of hydrogen-bond acceptors (Lipinski definition) is 3.